The first kappa shape index (κ1) is 22.7. The highest BCUT2D eigenvalue weighted by Gasteiger charge is 2.21. The van der Waals surface area contributed by atoms with Crippen molar-refractivity contribution >= 4 is 27.6 Å². The highest BCUT2D eigenvalue weighted by Crippen LogP contribution is 2.35. The Kier molecular flexibility index (Phi) is 5.78. The molecule has 6 aromatic rings. The maximum absolute atomic E-state index is 16.0. The first-order valence-electron chi connectivity index (χ1n) is 12.0. The Hall–Kier alpha value is -4.70. The highest BCUT2D eigenvalue weighted by molar-refractivity contribution is 5.98. The summed E-state index contributed by atoms with van der Waals surface area (Å²) in [6.07, 6.45) is 7.30. The normalized spacial score (nSPS) is 12.3. The van der Waals surface area contributed by atoms with E-state index in [1.54, 1.807) is 43.0 Å². The number of aliphatic hydroxyl groups excluding tert-OH is 1. The molecule has 0 amide bonds. The summed E-state index contributed by atoms with van der Waals surface area (Å²) in [4.78, 5) is 21.1. The summed E-state index contributed by atoms with van der Waals surface area (Å²) in [6, 6.07) is 12.6. The number of halogens is 1. The molecular weight excluding hydrogens is 471 g/mol. The van der Waals surface area contributed by atoms with Crippen molar-refractivity contribution in [2.75, 3.05) is 5.32 Å². The Morgan fingerprint density at radius 3 is 2.78 bits per heavy atom. The van der Waals surface area contributed by atoms with E-state index >= 15 is 4.39 Å². The lowest BCUT2D eigenvalue weighted by atomic mass is 10.0. The molecule has 1 unspecified atom stereocenters. The van der Waals surface area contributed by atoms with Crippen molar-refractivity contribution in [3.05, 3.63) is 73.1 Å². The summed E-state index contributed by atoms with van der Waals surface area (Å²) in [5, 5.41) is 20.7. The summed E-state index contributed by atoms with van der Waals surface area (Å²) in [5.74, 6) is -0.0310. The fourth-order valence-corrected chi connectivity index (χ4v) is 4.41. The van der Waals surface area contributed by atoms with Crippen LogP contribution in [0.2, 0.25) is 0 Å². The van der Waals surface area contributed by atoms with Crippen molar-refractivity contribution < 1.29 is 9.50 Å². The zero-order valence-corrected chi connectivity index (χ0v) is 19.9. The second-order valence-electron chi connectivity index (χ2n) is 8.69. The standard InChI is InChI=1S/C27H23FN8O/c1-2-5-21(37)32-16-12-15(13-29-14-16)17-7-8-18-22(23(17)28)26(36-35-18)27-33-20-9-11-31-24(25(20)34-27)19-6-3-4-10-30-19/h3-4,6-14,21,32,37H,2,5H2,1H3,(H,33,34)(H,35,36). The highest BCUT2D eigenvalue weighted by atomic mass is 19.1. The van der Waals surface area contributed by atoms with E-state index in [-0.39, 0.29) is 0 Å². The van der Waals surface area contributed by atoms with Gasteiger partial charge in [-0.1, -0.05) is 19.4 Å². The lowest BCUT2D eigenvalue weighted by Gasteiger charge is -2.14. The number of aromatic amines is 2. The molecule has 0 bridgehead atoms. The predicted octanol–water partition coefficient (Wildman–Crippen LogP) is 5.29. The minimum absolute atomic E-state index is 0.313. The van der Waals surface area contributed by atoms with Crippen LogP contribution in [-0.2, 0) is 0 Å². The molecule has 1 aromatic carbocycles. The summed E-state index contributed by atoms with van der Waals surface area (Å²) < 4.78 is 16.0. The van der Waals surface area contributed by atoms with Crippen molar-refractivity contribution in [2.24, 2.45) is 0 Å². The smallest absolute Gasteiger partial charge is 0.159 e. The van der Waals surface area contributed by atoms with E-state index in [9.17, 15) is 5.11 Å². The molecule has 0 saturated heterocycles. The molecule has 0 aliphatic carbocycles. The Morgan fingerprint density at radius 1 is 1.03 bits per heavy atom. The van der Waals surface area contributed by atoms with E-state index in [1.807, 2.05) is 31.2 Å². The van der Waals surface area contributed by atoms with Crippen molar-refractivity contribution in [3.63, 3.8) is 0 Å². The number of H-pyrrole nitrogens is 2. The van der Waals surface area contributed by atoms with E-state index in [0.717, 1.165) is 11.9 Å². The number of hydrogen-bond acceptors (Lipinski definition) is 7. The zero-order chi connectivity index (χ0) is 25.4. The number of fused-ring (bicyclic) bond motifs is 2. The first-order chi connectivity index (χ1) is 18.1. The molecule has 37 heavy (non-hydrogen) atoms. The van der Waals surface area contributed by atoms with Gasteiger partial charge in [-0.15, -0.1) is 0 Å². The van der Waals surface area contributed by atoms with Gasteiger partial charge in [0, 0.05) is 29.7 Å². The molecule has 184 valence electrons. The Balaban J connectivity index is 1.44. The first-order valence-corrected chi connectivity index (χ1v) is 12.0. The number of rotatable bonds is 7. The number of nitrogens with one attached hydrogen (secondary N) is 3. The van der Waals surface area contributed by atoms with Crippen LogP contribution >= 0.6 is 0 Å². The van der Waals surface area contributed by atoms with Gasteiger partial charge in [-0.3, -0.25) is 20.1 Å². The summed E-state index contributed by atoms with van der Waals surface area (Å²) in [5.41, 5.74) is 5.13. The maximum atomic E-state index is 16.0. The number of nitrogens with zero attached hydrogens (tertiary/aromatic N) is 5. The second kappa shape index (κ2) is 9.40. The summed E-state index contributed by atoms with van der Waals surface area (Å²) >= 11 is 0. The number of anilines is 1. The molecule has 10 heteroatoms. The fraction of sp³-hybridized carbons (Fsp3) is 0.148. The molecule has 5 aromatic heterocycles. The van der Waals surface area contributed by atoms with Crippen LogP contribution < -0.4 is 5.32 Å². The number of imidazole rings is 1. The van der Waals surface area contributed by atoms with E-state index in [1.165, 1.54) is 0 Å². The molecule has 1 atom stereocenters. The van der Waals surface area contributed by atoms with Crippen LogP contribution in [-0.4, -0.2) is 46.5 Å². The van der Waals surface area contributed by atoms with Crippen LogP contribution in [0, 0.1) is 5.82 Å². The van der Waals surface area contributed by atoms with Crippen molar-refractivity contribution in [3.8, 4) is 34.0 Å². The minimum Gasteiger partial charge on any atom is -0.374 e. The molecule has 0 aliphatic rings. The zero-order valence-electron chi connectivity index (χ0n) is 19.9. The fourth-order valence-electron chi connectivity index (χ4n) is 4.41. The van der Waals surface area contributed by atoms with Gasteiger partial charge in [0.2, 0.25) is 0 Å². The van der Waals surface area contributed by atoms with Gasteiger partial charge in [0.25, 0.3) is 0 Å². The van der Waals surface area contributed by atoms with E-state index in [4.69, 9.17) is 4.98 Å². The number of pyridine rings is 3. The van der Waals surface area contributed by atoms with Gasteiger partial charge >= 0.3 is 0 Å². The average molecular weight is 495 g/mol. The third-order valence-corrected chi connectivity index (χ3v) is 6.14. The average Bonchev–Trinajstić information content (AvgIpc) is 3.54. The summed E-state index contributed by atoms with van der Waals surface area (Å²) in [7, 11) is 0. The summed E-state index contributed by atoms with van der Waals surface area (Å²) in [6.45, 7) is 1.99. The van der Waals surface area contributed by atoms with Crippen LogP contribution in [0.25, 0.3) is 56.0 Å². The molecule has 0 spiro atoms. The van der Waals surface area contributed by atoms with Crippen LogP contribution in [0.15, 0.2) is 67.3 Å². The quantitative estimate of drug-likeness (QED) is 0.222. The van der Waals surface area contributed by atoms with Gasteiger partial charge in [-0.25, -0.2) is 9.37 Å². The van der Waals surface area contributed by atoms with Gasteiger partial charge < -0.3 is 15.4 Å². The van der Waals surface area contributed by atoms with E-state index < -0.39 is 12.0 Å². The molecule has 4 N–H and O–H groups in total. The Bertz CT molecular complexity index is 1710. The molecule has 6 rings (SSSR count). The Morgan fingerprint density at radius 2 is 1.95 bits per heavy atom. The van der Waals surface area contributed by atoms with Gasteiger partial charge in [0.05, 0.1) is 34.0 Å². The van der Waals surface area contributed by atoms with Crippen LogP contribution in [0.1, 0.15) is 19.8 Å². The second-order valence-corrected chi connectivity index (χ2v) is 8.69. The minimum atomic E-state index is -0.701. The lowest BCUT2D eigenvalue weighted by molar-refractivity contribution is 0.192. The third kappa shape index (κ3) is 4.17. The molecule has 0 radical (unpaired) electrons. The van der Waals surface area contributed by atoms with E-state index in [0.29, 0.717) is 62.6 Å². The third-order valence-electron chi connectivity index (χ3n) is 6.14. The molecule has 0 saturated carbocycles. The van der Waals surface area contributed by atoms with Crippen LogP contribution in [0.4, 0.5) is 10.1 Å². The molecule has 5 heterocycles. The van der Waals surface area contributed by atoms with E-state index in [2.05, 4.69) is 35.5 Å². The Labute approximate surface area is 210 Å². The predicted molar refractivity (Wildman–Crippen MR) is 140 cm³/mol. The van der Waals surface area contributed by atoms with Gasteiger partial charge in [-0.05, 0) is 42.8 Å². The van der Waals surface area contributed by atoms with Crippen LogP contribution in [0.3, 0.4) is 0 Å². The number of aromatic nitrogens is 7. The van der Waals surface area contributed by atoms with Crippen molar-refractivity contribution in [1.29, 1.82) is 0 Å². The number of hydrogen-bond donors (Lipinski definition) is 4. The van der Waals surface area contributed by atoms with Crippen molar-refractivity contribution in [1.82, 2.24) is 35.1 Å². The van der Waals surface area contributed by atoms with Crippen LogP contribution in [0.5, 0.6) is 0 Å². The van der Waals surface area contributed by atoms with Gasteiger partial charge in [0.15, 0.2) is 5.82 Å². The SMILES string of the molecule is CCCC(O)Nc1cncc(-c2ccc3[nH]nc(-c4nc5c(-c6ccccn6)nccc5[nH]4)c3c2F)c1. The van der Waals surface area contributed by atoms with Crippen molar-refractivity contribution in [2.45, 2.75) is 26.0 Å². The topological polar surface area (TPSA) is 128 Å². The number of benzene rings is 1. The molecule has 0 aliphatic heterocycles. The molecule has 9 nitrogen and oxygen atoms in total. The maximum Gasteiger partial charge on any atom is 0.159 e. The van der Waals surface area contributed by atoms with Gasteiger partial charge in [0.1, 0.15) is 28.9 Å². The molecule has 0 fully saturated rings. The monoisotopic (exact) mass is 494 g/mol. The number of aliphatic hydroxyl groups is 1. The largest absolute Gasteiger partial charge is 0.374 e. The van der Waals surface area contributed by atoms with Gasteiger partial charge in [-0.2, -0.15) is 5.10 Å². The lowest BCUT2D eigenvalue weighted by Crippen LogP contribution is -2.18. The molecular formula is C27H23FN8O.